The molecule has 1 amide bonds. The number of nitro benzene ring substituents is 1. The monoisotopic (exact) mass is 855 g/mol. The van der Waals surface area contributed by atoms with Crippen molar-refractivity contribution in [1.82, 2.24) is 5.32 Å². The van der Waals surface area contributed by atoms with Crippen LogP contribution in [0.2, 0.25) is 0 Å². The van der Waals surface area contributed by atoms with Gasteiger partial charge in [-0.05, 0) is 30.5 Å². The number of hydrogen-bond donors (Lipinski definition) is 1. The Bertz CT molecular complexity index is 1180. The Morgan fingerprint density at radius 1 is 0.569 bits per heavy atom. The summed E-state index contributed by atoms with van der Waals surface area (Å²) in [5.41, 5.74) is 0.267. The van der Waals surface area contributed by atoms with Crippen LogP contribution in [-0.2, 0) is 23.9 Å². The number of rotatable bonds is 40. The van der Waals surface area contributed by atoms with Crippen molar-refractivity contribution >= 4 is 46.7 Å². The number of hydrogen-bond acceptors (Lipinski definition) is 7. The zero-order valence-corrected chi connectivity index (χ0v) is 37.9. The van der Waals surface area contributed by atoms with Gasteiger partial charge in [0.15, 0.2) is 10.9 Å². The molecule has 58 heavy (non-hydrogen) atoms. The van der Waals surface area contributed by atoms with Gasteiger partial charge in [0, 0.05) is 25.0 Å². The third-order valence-electron chi connectivity index (χ3n) is 11.0. The molecular weight excluding hydrogens is 775 g/mol. The van der Waals surface area contributed by atoms with E-state index in [0.29, 0.717) is 18.4 Å². The normalized spacial score (nSPS) is 12.4. The fourth-order valence-corrected chi connectivity index (χ4v) is 7.48. The summed E-state index contributed by atoms with van der Waals surface area (Å²) in [5.74, 6) is -1.64. The smallest absolute Gasteiger partial charge is 0.306 e. The van der Waals surface area contributed by atoms with Crippen LogP contribution in [0.1, 0.15) is 231 Å². The molecule has 1 aromatic carbocycles. The number of carbonyl (C=O) groups excluding carboxylic acids is 3. The summed E-state index contributed by atoms with van der Waals surface area (Å²) in [7, 11) is 0. The second kappa shape index (κ2) is 37.6. The molecule has 0 saturated heterocycles. The number of ether oxygens (including phenoxy) is 2. The molecule has 0 aromatic heterocycles. The molecule has 0 bridgehead atoms. The summed E-state index contributed by atoms with van der Waals surface area (Å²) in [6, 6.07) is 4.53. The first-order valence-corrected chi connectivity index (χ1v) is 24.2. The molecular formula is C47H80Cl2N2O7. The molecule has 0 heterocycles. The average molecular weight is 856 g/mol. The molecule has 0 fully saturated rings. The molecule has 1 rings (SSSR count). The third kappa shape index (κ3) is 29.8. The van der Waals surface area contributed by atoms with Crippen molar-refractivity contribution in [3.8, 4) is 0 Å². The van der Waals surface area contributed by atoms with Gasteiger partial charge in [-0.1, -0.05) is 217 Å². The number of esters is 2. The van der Waals surface area contributed by atoms with E-state index < -0.39 is 39.8 Å². The summed E-state index contributed by atoms with van der Waals surface area (Å²) in [4.78, 5) is 48.0. The Balaban J connectivity index is 2.54. The molecule has 9 nitrogen and oxygen atoms in total. The molecule has 0 aliphatic carbocycles. The van der Waals surface area contributed by atoms with Crippen LogP contribution in [-0.4, -0.2) is 40.3 Å². The topological polar surface area (TPSA) is 125 Å². The van der Waals surface area contributed by atoms with Crippen LogP contribution in [0.5, 0.6) is 0 Å². The van der Waals surface area contributed by atoms with Gasteiger partial charge < -0.3 is 14.8 Å². The molecule has 0 saturated carbocycles. The number of benzene rings is 1. The summed E-state index contributed by atoms with van der Waals surface area (Å²) in [5, 5.41) is 14.0. The van der Waals surface area contributed by atoms with Crippen LogP contribution >= 0.6 is 23.2 Å². The van der Waals surface area contributed by atoms with Gasteiger partial charge >= 0.3 is 11.9 Å². The second-order valence-corrected chi connectivity index (χ2v) is 17.4. The van der Waals surface area contributed by atoms with Crippen molar-refractivity contribution in [3.05, 3.63) is 39.9 Å². The largest absolute Gasteiger partial charge is 0.463 e. The number of alkyl halides is 2. The van der Waals surface area contributed by atoms with Crippen LogP contribution in [0, 0.1) is 10.1 Å². The molecule has 1 N–H and O–H groups in total. The van der Waals surface area contributed by atoms with Crippen molar-refractivity contribution in [2.24, 2.45) is 0 Å². The maximum Gasteiger partial charge on any atom is 0.306 e. The molecule has 1 aromatic rings. The van der Waals surface area contributed by atoms with Gasteiger partial charge in [-0.25, -0.2) is 0 Å². The number of amides is 1. The van der Waals surface area contributed by atoms with Crippen LogP contribution in [0.15, 0.2) is 24.3 Å². The predicted octanol–water partition coefficient (Wildman–Crippen LogP) is 14.5. The van der Waals surface area contributed by atoms with E-state index in [4.69, 9.17) is 32.7 Å². The Morgan fingerprint density at radius 3 is 1.26 bits per heavy atom. The lowest BCUT2D eigenvalue weighted by molar-refractivity contribution is -0.384. The number of nitrogens with one attached hydrogen (secondary N) is 1. The first-order valence-electron chi connectivity index (χ1n) is 23.4. The lowest BCUT2D eigenvalue weighted by Crippen LogP contribution is -2.46. The molecule has 334 valence electrons. The number of non-ortho nitro benzene ring substituents is 1. The maximum atomic E-state index is 13.2. The van der Waals surface area contributed by atoms with E-state index in [1.807, 2.05) is 0 Å². The van der Waals surface area contributed by atoms with Crippen molar-refractivity contribution < 1.29 is 28.8 Å². The summed E-state index contributed by atoms with van der Waals surface area (Å²) in [6.45, 7) is 4.21. The minimum atomic E-state index is -1.41. The number of unbranched alkanes of at least 4 members (excludes halogenated alkanes) is 28. The molecule has 2 atom stereocenters. The van der Waals surface area contributed by atoms with E-state index in [1.54, 1.807) is 0 Å². The fourth-order valence-electron chi connectivity index (χ4n) is 7.36. The van der Waals surface area contributed by atoms with E-state index in [-0.39, 0.29) is 25.1 Å². The van der Waals surface area contributed by atoms with Gasteiger partial charge in [0.1, 0.15) is 12.6 Å². The van der Waals surface area contributed by atoms with Gasteiger partial charge in [0.05, 0.1) is 4.92 Å². The Hall–Kier alpha value is -2.39. The van der Waals surface area contributed by atoms with E-state index in [9.17, 15) is 24.5 Å². The van der Waals surface area contributed by atoms with E-state index in [2.05, 4.69) is 19.2 Å². The SMILES string of the molecule is CCCCCCCCCCCCCCCCCC(=O)OC[C@@H](NC(=O)C(Cl)Cl)[C@H](OC(=O)CCCCCCCCCCCCCCCCC)c1ccc([N+](=O)[O-])cc1. The number of carbonyl (C=O) groups is 3. The highest BCUT2D eigenvalue weighted by molar-refractivity contribution is 6.53. The van der Waals surface area contributed by atoms with Gasteiger partial charge in [-0.3, -0.25) is 24.5 Å². The first kappa shape index (κ1) is 53.6. The van der Waals surface area contributed by atoms with E-state index >= 15 is 0 Å². The van der Waals surface area contributed by atoms with Crippen molar-refractivity contribution in [2.45, 2.75) is 236 Å². The summed E-state index contributed by atoms with van der Waals surface area (Å²) >= 11 is 11.7. The summed E-state index contributed by atoms with van der Waals surface area (Å²) in [6.07, 6.45) is 35.9. The van der Waals surface area contributed by atoms with Crippen LogP contribution < -0.4 is 5.32 Å². The zero-order chi connectivity index (χ0) is 42.5. The lowest BCUT2D eigenvalue weighted by Gasteiger charge is -2.28. The Kier molecular flexibility index (Phi) is 34.8. The average Bonchev–Trinajstić information content (AvgIpc) is 3.21. The lowest BCUT2D eigenvalue weighted by atomic mass is 10.0. The number of nitrogens with zero attached hydrogens (tertiary/aromatic N) is 1. The summed E-state index contributed by atoms with van der Waals surface area (Å²) < 4.78 is 11.5. The van der Waals surface area contributed by atoms with Gasteiger partial charge in [0.2, 0.25) is 0 Å². The van der Waals surface area contributed by atoms with E-state index in [0.717, 1.165) is 38.5 Å². The van der Waals surface area contributed by atoms with Crippen molar-refractivity contribution in [2.75, 3.05) is 6.61 Å². The van der Waals surface area contributed by atoms with Gasteiger partial charge in [-0.15, -0.1) is 0 Å². The highest BCUT2D eigenvalue weighted by atomic mass is 35.5. The van der Waals surface area contributed by atoms with Crippen LogP contribution in [0.3, 0.4) is 0 Å². The maximum absolute atomic E-state index is 13.2. The Morgan fingerprint density at radius 2 is 0.914 bits per heavy atom. The second-order valence-electron chi connectivity index (χ2n) is 16.3. The predicted molar refractivity (Wildman–Crippen MR) is 239 cm³/mol. The van der Waals surface area contributed by atoms with Crippen molar-refractivity contribution in [3.63, 3.8) is 0 Å². The van der Waals surface area contributed by atoms with Gasteiger partial charge in [0.25, 0.3) is 11.6 Å². The fraction of sp³-hybridized carbons (Fsp3) is 0.809. The highest BCUT2D eigenvalue weighted by Crippen LogP contribution is 2.27. The highest BCUT2D eigenvalue weighted by Gasteiger charge is 2.31. The first-order chi connectivity index (χ1) is 28.2. The standard InChI is InChI=1S/C47H80Cl2N2O7/c1-3-5-7-9-11-13-15-17-19-21-23-25-27-29-31-33-43(52)57-39-42(50-47(54)46(48)49)45(40-35-37-41(38-36-40)51(55)56)58-44(53)34-32-30-28-26-24-22-20-18-16-14-12-10-8-6-4-2/h35-38,42,45-46H,3-34,39H2,1-2H3,(H,50,54)/t42-,45-/m1/s1. The van der Waals surface area contributed by atoms with E-state index in [1.165, 1.54) is 166 Å². The number of nitro groups is 1. The minimum absolute atomic E-state index is 0.135. The molecule has 11 heteroatoms. The molecule has 0 aliphatic heterocycles. The quantitative estimate of drug-likeness (QED) is 0.0229. The third-order valence-corrected chi connectivity index (χ3v) is 11.4. The molecule has 0 spiro atoms. The molecule has 0 unspecified atom stereocenters. The van der Waals surface area contributed by atoms with Crippen LogP contribution in [0.25, 0.3) is 0 Å². The number of halogens is 2. The minimum Gasteiger partial charge on any atom is -0.463 e. The molecule has 0 aliphatic rings. The zero-order valence-electron chi connectivity index (χ0n) is 36.4. The Labute approximate surface area is 362 Å². The van der Waals surface area contributed by atoms with Crippen molar-refractivity contribution in [1.29, 1.82) is 0 Å². The van der Waals surface area contributed by atoms with Gasteiger partial charge in [-0.2, -0.15) is 0 Å². The molecule has 0 radical (unpaired) electrons. The van der Waals surface area contributed by atoms with Crippen LogP contribution in [0.4, 0.5) is 5.69 Å².